The van der Waals surface area contributed by atoms with Crippen molar-refractivity contribution in [3.63, 3.8) is 0 Å². The minimum absolute atomic E-state index is 0.0445. The lowest BCUT2D eigenvalue weighted by molar-refractivity contribution is -0.134. The van der Waals surface area contributed by atoms with E-state index in [2.05, 4.69) is 4.90 Å². The van der Waals surface area contributed by atoms with Gasteiger partial charge in [0.25, 0.3) is 0 Å². The smallest absolute Gasteiger partial charge is 0.224 e. The second-order valence-corrected chi connectivity index (χ2v) is 6.18. The average molecular weight is 283 g/mol. The topological polar surface area (TPSA) is 58.8 Å². The normalized spacial score (nSPS) is 23.2. The molecule has 0 aromatic heterocycles. The molecule has 2 heterocycles. The van der Waals surface area contributed by atoms with Gasteiger partial charge in [-0.3, -0.25) is 4.79 Å². The van der Waals surface area contributed by atoms with Crippen LogP contribution in [0.4, 0.5) is 0 Å². The van der Waals surface area contributed by atoms with E-state index in [1.54, 1.807) is 0 Å². The zero-order valence-corrected chi connectivity index (χ0v) is 12.7. The monoisotopic (exact) mass is 283 g/mol. The van der Waals surface area contributed by atoms with Crippen molar-refractivity contribution in [2.24, 2.45) is 5.73 Å². The van der Waals surface area contributed by atoms with E-state index in [0.717, 1.165) is 39.1 Å². The highest BCUT2D eigenvalue weighted by Crippen LogP contribution is 2.15. The molecule has 20 heavy (non-hydrogen) atoms. The predicted molar refractivity (Wildman–Crippen MR) is 79.5 cm³/mol. The summed E-state index contributed by atoms with van der Waals surface area (Å²) in [4.78, 5) is 16.3. The van der Waals surface area contributed by atoms with Gasteiger partial charge in [-0.15, -0.1) is 0 Å². The Hall–Kier alpha value is -0.650. The van der Waals surface area contributed by atoms with E-state index in [9.17, 15) is 4.79 Å². The lowest BCUT2D eigenvalue weighted by atomic mass is 10.1. The standard InChI is InChI=1S/C15H29N3O2/c1-13(16)12-15(19)18-8-4-14(5-9-18)20-11-10-17-6-2-3-7-17/h13-14H,2-12,16H2,1H3. The average Bonchev–Trinajstić information content (AvgIpc) is 2.92. The van der Waals surface area contributed by atoms with Crippen molar-refractivity contribution in [3.05, 3.63) is 0 Å². The highest BCUT2D eigenvalue weighted by atomic mass is 16.5. The molecular weight excluding hydrogens is 254 g/mol. The molecule has 2 aliphatic heterocycles. The van der Waals surface area contributed by atoms with E-state index in [1.807, 2.05) is 11.8 Å². The Labute approximate surface area is 122 Å². The van der Waals surface area contributed by atoms with Gasteiger partial charge in [0, 0.05) is 32.1 Å². The summed E-state index contributed by atoms with van der Waals surface area (Å²) in [6, 6.07) is -0.0445. The number of likely N-dealkylation sites (tertiary alicyclic amines) is 2. The van der Waals surface area contributed by atoms with Crippen LogP contribution >= 0.6 is 0 Å². The van der Waals surface area contributed by atoms with Crippen LogP contribution in [-0.2, 0) is 9.53 Å². The summed E-state index contributed by atoms with van der Waals surface area (Å²) >= 11 is 0. The van der Waals surface area contributed by atoms with Crippen molar-refractivity contribution < 1.29 is 9.53 Å². The number of carbonyl (C=O) groups is 1. The molecular formula is C15H29N3O2. The number of ether oxygens (including phenoxy) is 1. The summed E-state index contributed by atoms with van der Waals surface area (Å²) in [6.07, 6.45) is 5.38. The van der Waals surface area contributed by atoms with Gasteiger partial charge < -0.3 is 20.3 Å². The van der Waals surface area contributed by atoms with Crippen molar-refractivity contribution in [2.75, 3.05) is 39.3 Å². The van der Waals surface area contributed by atoms with Gasteiger partial charge in [-0.2, -0.15) is 0 Å². The lowest BCUT2D eigenvalue weighted by Crippen LogP contribution is -2.42. The van der Waals surface area contributed by atoms with Crippen LogP contribution in [0.5, 0.6) is 0 Å². The number of carbonyl (C=O) groups excluding carboxylic acids is 1. The molecule has 1 atom stereocenters. The first-order valence-corrected chi connectivity index (χ1v) is 8.02. The molecule has 2 aliphatic rings. The van der Waals surface area contributed by atoms with Crippen LogP contribution in [0, 0.1) is 0 Å². The number of nitrogens with two attached hydrogens (primary N) is 1. The molecule has 0 aromatic rings. The summed E-state index contributed by atoms with van der Waals surface area (Å²) in [5.74, 6) is 0.190. The molecule has 1 unspecified atom stereocenters. The van der Waals surface area contributed by atoms with Crippen molar-refractivity contribution in [1.29, 1.82) is 0 Å². The molecule has 5 heteroatoms. The van der Waals surface area contributed by atoms with Crippen LogP contribution in [0.15, 0.2) is 0 Å². The van der Waals surface area contributed by atoms with E-state index >= 15 is 0 Å². The lowest BCUT2D eigenvalue weighted by Gasteiger charge is -2.32. The Morgan fingerprint density at radius 1 is 1.25 bits per heavy atom. The van der Waals surface area contributed by atoms with Gasteiger partial charge in [-0.05, 0) is 45.7 Å². The van der Waals surface area contributed by atoms with Gasteiger partial charge in [0.2, 0.25) is 5.91 Å². The van der Waals surface area contributed by atoms with Gasteiger partial charge in [0.1, 0.15) is 0 Å². The minimum atomic E-state index is -0.0445. The molecule has 2 rings (SSSR count). The van der Waals surface area contributed by atoms with Crippen molar-refractivity contribution in [1.82, 2.24) is 9.80 Å². The van der Waals surface area contributed by atoms with E-state index in [1.165, 1.54) is 25.9 Å². The molecule has 0 bridgehead atoms. The third-order valence-electron chi connectivity index (χ3n) is 4.25. The summed E-state index contributed by atoms with van der Waals surface area (Å²) < 4.78 is 5.95. The Kier molecular flexibility index (Phi) is 6.26. The van der Waals surface area contributed by atoms with E-state index in [4.69, 9.17) is 10.5 Å². The maximum absolute atomic E-state index is 11.9. The molecule has 2 fully saturated rings. The molecule has 2 N–H and O–H groups in total. The first-order chi connectivity index (χ1) is 9.65. The van der Waals surface area contributed by atoms with Gasteiger partial charge in [0.05, 0.1) is 12.7 Å². The fourth-order valence-corrected chi connectivity index (χ4v) is 3.03. The number of rotatable bonds is 6. The first kappa shape index (κ1) is 15.7. The Morgan fingerprint density at radius 3 is 2.50 bits per heavy atom. The molecule has 0 saturated carbocycles. The summed E-state index contributed by atoms with van der Waals surface area (Å²) in [7, 11) is 0. The van der Waals surface area contributed by atoms with Gasteiger partial charge in [-0.25, -0.2) is 0 Å². The number of nitrogens with zero attached hydrogens (tertiary/aromatic N) is 2. The summed E-state index contributed by atoms with van der Waals surface area (Å²) in [5.41, 5.74) is 5.68. The molecule has 1 amide bonds. The Balaban J connectivity index is 1.57. The minimum Gasteiger partial charge on any atom is -0.377 e. The van der Waals surface area contributed by atoms with Crippen LogP contribution in [-0.4, -0.2) is 67.2 Å². The molecule has 0 aromatic carbocycles. The molecule has 116 valence electrons. The van der Waals surface area contributed by atoms with Gasteiger partial charge in [0.15, 0.2) is 0 Å². The quantitative estimate of drug-likeness (QED) is 0.784. The van der Waals surface area contributed by atoms with Crippen molar-refractivity contribution in [3.8, 4) is 0 Å². The Bertz CT molecular complexity index is 295. The third kappa shape index (κ3) is 5.04. The van der Waals surface area contributed by atoms with E-state index in [-0.39, 0.29) is 11.9 Å². The molecule has 0 radical (unpaired) electrons. The molecule has 2 saturated heterocycles. The Morgan fingerprint density at radius 2 is 1.90 bits per heavy atom. The largest absolute Gasteiger partial charge is 0.377 e. The second kappa shape index (κ2) is 7.96. The number of amides is 1. The maximum Gasteiger partial charge on any atom is 0.224 e. The van der Waals surface area contributed by atoms with Gasteiger partial charge >= 0.3 is 0 Å². The predicted octanol–water partition coefficient (Wildman–Crippen LogP) is 0.827. The fourth-order valence-electron chi connectivity index (χ4n) is 3.03. The number of hydrogen-bond donors (Lipinski definition) is 1. The van der Waals surface area contributed by atoms with Crippen LogP contribution in [0.25, 0.3) is 0 Å². The highest BCUT2D eigenvalue weighted by molar-refractivity contribution is 5.76. The summed E-state index contributed by atoms with van der Waals surface area (Å²) in [5, 5.41) is 0. The van der Waals surface area contributed by atoms with E-state index < -0.39 is 0 Å². The number of hydrogen-bond acceptors (Lipinski definition) is 4. The highest BCUT2D eigenvalue weighted by Gasteiger charge is 2.23. The molecule has 0 spiro atoms. The van der Waals surface area contributed by atoms with Crippen LogP contribution in [0.2, 0.25) is 0 Å². The van der Waals surface area contributed by atoms with Crippen molar-refractivity contribution in [2.45, 2.75) is 51.2 Å². The second-order valence-electron chi connectivity index (χ2n) is 6.18. The van der Waals surface area contributed by atoms with Crippen LogP contribution < -0.4 is 5.73 Å². The third-order valence-corrected chi connectivity index (χ3v) is 4.25. The maximum atomic E-state index is 11.9. The molecule has 5 nitrogen and oxygen atoms in total. The van der Waals surface area contributed by atoms with Gasteiger partial charge in [-0.1, -0.05) is 0 Å². The SMILES string of the molecule is CC(N)CC(=O)N1CCC(OCCN2CCCC2)CC1. The number of piperidine rings is 1. The van der Waals surface area contributed by atoms with Crippen LogP contribution in [0.3, 0.4) is 0 Å². The van der Waals surface area contributed by atoms with Crippen molar-refractivity contribution >= 4 is 5.91 Å². The molecule has 0 aliphatic carbocycles. The first-order valence-electron chi connectivity index (χ1n) is 8.02. The zero-order chi connectivity index (χ0) is 14.4. The fraction of sp³-hybridized carbons (Fsp3) is 0.933. The summed E-state index contributed by atoms with van der Waals surface area (Å²) in [6.45, 7) is 7.87. The van der Waals surface area contributed by atoms with E-state index in [0.29, 0.717) is 12.5 Å². The van der Waals surface area contributed by atoms with Crippen LogP contribution in [0.1, 0.15) is 39.0 Å². The zero-order valence-electron chi connectivity index (χ0n) is 12.7.